The van der Waals surface area contributed by atoms with Crippen LogP contribution in [0.3, 0.4) is 0 Å². The van der Waals surface area contributed by atoms with Crippen LogP contribution in [0.1, 0.15) is 40.0 Å². The third-order valence-corrected chi connectivity index (χ3v) is 4.66. The molecule has 1 aromatic carbocycles. The number of benzene rings is 1. The summed E-state index contributed by atoms with van der Waals surface area (Å²) in [6, 6.07) is 6.54. The lowest BCUT2D eigenvalue weighted by molar-refractivity contribution is 0.0259. The Labute approximate surface area is 136 Å². The standard InChI is InChI=1S/C17H24FNO2S/c1-17(2,3)21-16(20)19-11-5-4-6-15(12-19)22-14-9-7-13(18)8-10-14/h7-10,15H,4-6,11-12H2,1-3H3/t15-/m0/s1. The van der Waals surface area contributed by atoms with Crippen LogP contribution >= 0.6 is 11.8 Å². The Hall–Kier alpha value is -1.23. The van der Waals surface area contributed by atoms with Crippen LogP contribution in [-0.2, 0) is 4.74 Å². The van der Waals surface area contributed by atoms with Crippen molar-refractivity contribution < 1.29 is 13.9 Å². The van der Waals surface area contributed by atoms with Crippen molar-refractivity contribution in [2.75, 3.05) is 13.1 Å². The number of thioether (sulfide) groups is 1. The van der Waals surface area contributed by atoms with Crippen LogP contribution in [0.25, 0.3) is 0 Å². The highest BCUT2D eigenvalue weighted by molar-refractivity contribution is 8.00. The van der Waals surface area contributed by atoms with Crippen LogP contribution < -0.4 is 0 Å². The van der Waals surface area contributed by atoms with Gasteiger partial charge in [0.25, 0.3) is 0 Å². The predicted molar refractivity (Wildman–Crippen MR) is 87.7 cm³/mol. The third kappa shape index (κ3) is 5.52. The minimum Gasteiger partial charge on any atom is -0.444 e. The summed E-state index contributed by atoms with van der Waals surface area (Å²) in [4.78, 5) is 15.1. The highest BCUT2D eigenvalue weighted by Gasteiger charge is 2.26. The molecule has 1 heterocycles. The molecule has 0 radical (unpaired) electrons. The lowest BCUT2D eigenvalue weighted by Crippen LogP contribution is -2.39. The summed E-state index contributed by atoms with van der Waals surface area (Å²) in [5, 5.41) is 0.320. The number of ether oxygens (including phenoxy) is 1. The van der Waals surface area contributed by atoms with Crippen molar-refractivity contribution in [3.63, 3.8) is 0 Å². The van der Waals surface area contributed by atoms with Crippen molar-refractivity contribution in [1.82, 2.24) is 4.90 Å². The zero-order chi connectivity index (χ0) is 16.2. The van der Waals surface area contributed by atoms with Crippen LogP contribution in [0, 0.1) is 5.82 Å². The molecule has 1 amide bonds. The molecule has 0 aromatic heterocycles. The van der Waals surface area contributed by atoms with Crippen LogP contribution in [0.5, 0.6) is 0 Å². The summed E-state index contributed by atoms with van der Waals surface area (Å²) in [6.45, 7) is 7.07. The maximum atomic E-state index is 13.0. The highest BCUT2D eigenvalue weighted by atomic mass is 32.2. The van der Waals surface area contributed by atoms with Crippen molar-refractivity contribution in [2.45, 2.75) is 55.8 Å². The lowest BCUT2D eigenvalue weighted by atomic mass is 10.2. The van der Waals surface area contributed by atoms with Gasteiger partial charge in [0.1, 0.15) is 11.4 Å². The number of halogens is 1. The number of amides is 1. The molecule has 1 aliphatic heterocycles. The van der Waals surface area contributed by atoms with Gasteiger partial charge in [0.15, 0.2) is 0 Å². The number of hydrogen-bond donors (Lipinski definition) is 0. The first kappa shape index (κ1) is 17.1. The normalized spacial score (nSPS) is 19.6. The molecular weight excluding hydrogens is 301 g/mol. The quantitative estimate of drug-likeness (QED) is 0.789. The van der Waals surface area contributed by atoms with E-state index in [1.54, 1.807) is 28.8 Å². The average Bonchev–Trinajstić information content (AvgIpc) is 2.65. The molecular formula is C17H24FNO2S. The zero-order valence-electron chi connectivity index (χ0n) is 13.5. The lowest BCUT2D eigenvalue weighted by Gasteiger charge is -2.28. The maximum absolute atomic E-state index is 13.0. The van der Waals surface area contributed by atoms with Crippen molar-refractivity contribution in [1.29, 1.82) is 0 Å². The van der Waals surface area contributed by atoms with Gasteiger partial charge in [-0.3, -0.25) is 0 Å². The number of hydrogen-bond acceptors (Lipinski definition) is 3. The number of carbonyl (C=O) groups is 1. The third-order valence-electron chi connectivity index (χ3n) is 3.40. The molecule has 1 saturated heterocycles. The monoisotopic (exact) mass is 325 g/mol. The molecule has 0 spiro atoms. The molecule has 122 valence electrons. The largest absolute Gasteiger partial charge is 0.444 e. The van der Waals surface area contributed by atoms with E-state index in [1.807, 2.05) is 20.8 Å². The number of likely N-dealkylation sites (tertiary alicyclic amines) is 1. The Morgan fingerprint density at radius 3 is 2.59 bits per heavy atom. The summed E-state index contributed by atoms with van der Waals surface area (Å²) in [7, 11) is 0. The molecule has 1 fully saturated rings. The van der Waals surface area contributed by atoms with E-state index in [9.17, 15) is 9.18 Å². The first-order chi connectivity index (χ1) is 10.3. The molecule has 0 saturated carbocycles. The van der Waals surface area contributed by atoms with Crippen molar-refractivity contribution >= 4 is 17.9 Å². The van der Waals surface area contributed by atoms with Gasteiger partial charge in [-0.1, -0.05) is 6.42 Å². The van der Waals surface area contributed by atoms with Gasteiger partial charge in [0, 0.05) is 23.2 Å². The Morgan fingerprint density at radius 1 is 1.27 bits per heavy atom. The van der Waals surface area contributed by atoms with E-state index < -0.39 is 5.60 Å². The molecule has 0 bridgehead atoms. The molecule has 3 nitrogen and oxygen atoms in total. The van der Waals surface area contributed by atoms with Gasteiger partial charge < -0.3 is 9.64 Å². The fourth-order valence-corrected chi connectivity index (χ4v) is 3.61. The summed E-state index contributed by atoms with van der Waals surface area (Å²) >= 11 is 1.71. The van der Waals surface area contributed by atoms with E-state index in [1.165, 1.54) is 12.1 Å². The molecule has 2 rings (SSSR count). The fourth-order valence-electron chi connectivity index (χ4n) is 2.40. The van der Waals surface area contributed by atoms with E-state index in [0.717, 1.165) is 30.7 Å². The number of rotatable bonds is 2. The Kier molecular flexibility index (Phi) is 5.73. The minimum absolute atomic E-state index is 0.222. The second-order valence-corrected chi connectivity index (χ2v) is 7.99. The van der Waals surface area contributed by atoms with Crippen molar-refractivity contribution in [3.8, 4) is 0 Å². The van der Waals surface area contributed by atoms with Gasteiger partial charge in [-0.15, -0.1) is 11.8 Å². The van der Waals surface area contributed by atoms with Crippen molar-refractivity contribution in [2.24, 2.45) is 0 Å². The molecule has 0 N–H and O–H groups in total. The smallest absolute Gasteiger partial charge is 0.410 e. The molecule has 22 heavy (non-hydrogen) atoms. The van der Waals surface area contributed by atoms with Gasteiger partial charge in [-0.05, 0) is 57.9 Å². The van der Waals surface area contributed by atoms with Crippen LogP contribution in [0.2, 0.25) is 0 Å². The van der Waals surface area contributed by atoms with E-state index in [-0.39, 0.29) is 11.9 Å². The number of carbonyl (C=O) groups excluding carboxylic acids is 1. The molecule has 0 unspecified atom stereocenters. The van der Waals surface area contributed by atoms with E-state index >= 15 is 0 Å². The first-order valence-electron chi connectivity index (χ1n) is 7.74. The summed E-state index contributed by atoms with van der Waals surface area (Å²) < 4.78 is 18.5. The molecule has 5 heteroatoms. The van der Waals surface area contributed by atoms with Gasteiger partial charge in [0.2, 0.25) is 0 Å². The van der Waals surface area contributed by atoms with Gasteiger partial charge in [-0.25, -0.2) is 9.18 Å². The topological polar surface area (TPSA) is 29.5 Å². The zero-order valence-corrected chi connectivity index (χ0v) is 14.3. The Balaban J connectivity index is 1.97. The van der Waals surface area contributed by atoms with E-state index in [0.29, 0.717) is 11.8 Å². The minimum atomic E-state index is -0.469. The first-order valence-corrected chi connectivity index (χ1v) is 8.61. The maximum Gasteiger partial charge on any atom is 0.410 e. The predicted octanol–water partition coefficient (Wildman–Crippen LogP) is 4.71. The summed E-state index contributed by atoms with van der Waals surface area (Å²) in [5.41, 5.74) is -0.469. The van der Waals surface area contributed by atoms with Crippen LogP contribution in [0.4, 0.5) is 9.18 Å². The van der Waals surface area contributed by atoms with Gasteiger partial charge in [-0.2, -0.15) is 0 Å². The van der Waals surface area contributed by atoms with Crippen LogP contribution in [0.15, 0.2) is 29.2 Å². The van der Waals surface area contributed by atoms with Crippen LogP contribution in [-0.4, -0.2) is 34.9 Å². The molecule has 0 aliphatic carbocycles. The fraction of sp³-hybridized carbons (Fsp3) is 0.588. The van der Waals surface area contributed by atoms with Gasteiger partial charge in [0.05, 0.1) is 0 Å². The number of nitrogens with zero attached hydrogens (tertiary/aromatic N) is 1. The van der Waals surface area contributed by atoms with E-state index in [2.05, 4.69) is 0 Å². The molecule has 1 atom stereocenters. The van der Waals surface area contributed by atoms with Gasteiger partial charge >= 0.3 is 6.09 Å². The average molecular weight is 325 g/mol. The second kappa shape index (κ2) is 7.36. The second-order valence-electron chi connectivity index (χ2n) is 6.62. The van der Waals surface area contributed by atoms with E-state index in [4.69, 9.17) is 4.74 Å². The molecule has 1 aromatic rings. The summed E-state index contributed by atoms with van der Waals surface area (Å²) in [6.07, 6.45) is 2.92. The molecule has 1 aliphatic rings. The SMILES string of the molecule is CC(C)(C)OC(=O)N1CCCC[C@H](Sc2ccc(F)cc2)C1. The Bertz CT molecular complexity index is 498. The highest BCUT2D eigenvalue weighted by Crippen LogP contribution is 2.29. The summed E-state index contributed by atoms with van der Waals surface area (Å²) in [5.74, 6) is -0.222. The Morgan fingerprint density at radius 2 is 1.95 bits per heavy atom. The van der Waals surface area contributed by atoms with Crippen molar-refractivity contribution in [3.05, 3.63) is 30.1 Å².